The molecule has 0 saturated carbocycles. The van der Waals surface area contributed by atoms with Gasteiger partial charge in [0.2, 0.25) is 0 Å². The lowest BCUT2D eigenvalue weighted by atomic mass is 9.91. The van der Waals surface area contributed by atoms with Gasteiger partial charge in [-0.25, -0.2) is 19.1 Å². The van der Waals surface area contributed by atoms with E-state index in [1.165, 1.54) is 49.1 Å². The Morgan fingerprint density at radius 2 is 1.90 bits per heavy atom. The molecule has 1 aromatic carbocycles. The molecule has 0 spiro atoms. The first kappa shape index (κ1) is 25.0. The van der Waals surface area contributed by atoms with Crippen molar-refractivity contribution >= 4 is 17.8 Å². The maximum absolute atomic E-state index is 13.7. The lowest BCUT2D eigenvalue weighted by Crippen LogP contribution is -2.69. The second-order valence-electron chi connectivity index (χ2n) is 6.09. The molecular formula is C18H21F2N7O4. The molecule has 31 heavy (non-hydrogen) atoms. The van der Waals surface area contributed by atoms with Gasteiger partial charge in [-0.3, -0.25) is 20.2 Å². The standard InChI is InChI=1S/C18H21F2N7O4/c1-18(16(19)20,25-17(30)22-2)13(15(29)26-31)24-14(28)12-8-6-11(7-9-12)5-3-4-10-23-27-21/h4,6-10,13,16,31H,1-2H3,(H2,21,23)(H,24,28)(H,26,29)(H2,22,25,30)/b10-4+/t13-,18?/m1/s1. The van der Waals surface area contributed by atoms with Gasteiger partial charge in [-0.2, -0.15) is 5.53 Å². The van der Waals surface area contributed by atoms with Gasteiger partial charge in [-0.05, 0) is 31.2 Å². The average Bonchev–Trinajstić information content (AvgIpc) is 2.76. The average molecular weight is 437 g/mol. The fourth-order valence-electron chi connectivity index (χ4n) is 2.27. The first-order valence-corrected chi connectivity index (χ1v) is 8.61. The summed E-state index contributed by atoms with van der Waals surface area (Å²) in [6.45, 7) is 0.849. The lowest BCUT2D eigenvalue weighted by Gasteiger charge is -2.36. The number of nitrogens with zero attached hydrogens (tertiary/aromatic N) is 1. The third-order valence-corrected chi connectivity index (χ3v) is 3.98. The van der Waals surface area contributed by atoms with Gasteiger partial charge in [-0.1, -0.05) is 17.1 Å². The van der Waals surface area contributed by atoms with Gasteiger partial charge in [0.05, 0.1) is 0 Å². The molecule has 0 aliphatic carbocycles. The second-order valence-corrected chi connectivity index (χ2v) is 6.09. The quantitative estimate of drug-likeness (QED) is 0.137. The minimum Gasteiger partial charge on any atom is -0.341 e. The predicted molar refractivity (Wildman–Crippen MR) is 104 cm³/mol. The van der Waals surface area contributed by atoms with Crippen molar-refractivity contribution in [3.05, 3.63) is 47.7 Å². The highest BCUT2D eigenvalue weighted by Crippen LogP contribution is 2.21. The number of urea groups is 1. The van der Waals surface area contributed by atoms with Crippen molar-refractivity contribution in [3.8, 4) is 11.8 Å². The topological polar surface area (TPSA) is 168 Å². The molecule has 1 aromatic rings. The number of carbonyl (C=O) groups excluding carboxylic acids is 3. The number of hydrogen-bond donors (Lipinski definition) is 7. The monoisotopic (exact) mass is 437 g/mol. The molecule has 0 fully saturated rings. The summed E-state index contributed by atoms with van der Waals surface area (Å²) in [6.07, 6.45) is -0.544. The van der Waals surface area contributed by atoms with E-state index < -0.39 is 35.9 Å². The number of hydrogen-bond acceptors (Lipinski definition) is 6. The predicted octanol–water partition coefficient (Wildman–Crippen LogP) is 0.644. The zero-order valence-electron chi connectivity index (χ0n) is 16.5. The Morgan fingerprint density at radius 1 is 1.26 bits per heavy atom. The minimum atomic E-state index is -3.28. The summed E-state index contributed by atoms with van der Waals surface area (Å²) in [5.41, 5.74) is 7.99. The zero-order valence-corrected chi connectivity index (χ0v) is 16.5. The SMILES string of the molecule is CNC(=O)NC(C)(C(F)F)[C@H](NC(=O)c1ccc(C#C/C=C/NN=N)cc1)C(=O)NO. The van der Waals surface area contributed by atoms with Crippen LogP contribution in [0.25, 0.3) is 0 Å². The Hall–Kier alpha value is -4.05. The maximum atomic E-state index is 13.7. The molecule has 2 atom stereocenters. The normalized spacial score (nSPS) is 13.2. The molecule has 0 saturated heterocycles. The number of carbonyl (C=O) groups is 3. The van der Waals surface area contributed by atoms with Gasteiger partial charge in [0.15, 0.2) is 0 Å². The smallest absolute Gasteiger partial charge is 0.315 e. The second kappa shape index (κ2) is 11.8. The summed E-state index contributed by atoms with van der Waals surface area (Å²) in [7, 11) is 1.18. The van der Waals surface area contributed by atoms with Crippen LogP contribution in [-0.4, -0.2) is 48.1 Å². The van der Waals surface area contributed by atoms with Gasteiger partial charge in [0.25, 0.3) is 18.2 Å². The molecule has 0 bridgehead atoms. The van der Waals surface area contributed by atoms with Crippen LogP contribution in [0, 0.1) is 17.4 Å². The van der Waals surface area contributed by atoms with E-state index in [0.29, 0.717) is 5.56 Å². The van der Waals surface area contributed by atoms with Crippen molar-refractivity contribution in [1.82, 2.24) is 26.9 Å². The Morgan fingerprint density at radius 3 is 2.42 bits per heavy atom. The van der Waals surface area contributed by atoms with E-state index in [9.17, 15) is 23.2 Å². The fraction of sp³-hybridized carbons (Fsp3) is 0.278. The first-order chi connectivity index (χ1) is 14.7. The minimum absolute atomic E-state index is 0.0167. The van der Waals surface area contributed by atoms with E-state index in [0.717, 1.165) is 6.92 Å². The Kier molecular flexibility index (Phi) is 9.54. The van der Waals surface area contributed by atoms with Crippen LogP contribution in [-0.2, 0) is 4.79 Å². The summed E-state index contributed by atoms with van der Waals surface area (Å²) >= 11 is 0. The lowest BCUT2D eigenvalue weighted by molar-refractivity contribution is -0.135. The highest BCUT2D eigenvalue weighted by Gasteiger charge is 2.48. The molecule has 0 aliphatic rings. The van der Waals surface area contributed by atoms with Gasteiger partial charge >= 0.3 is 6.03 Å². The number of nitrogens with one attached hydrogen (secondary N) is 6. The fourth-order valence-corrected chi connectivity index (χ4v) is 2.27. The number of rotatable bonds is 8. The molecule has 4 amide bonds. The van der Waals surface area contributed by atoms with Gasteiger partial charge < -0.3 is 16.0 Å². The first-order valence-electron chi connectivity index (χ1n) is 8.61. The zero-order chi connectivity index (χ0) is 23.4. The Labute approximate surface area is 176 Å². The number of alkyl halides is 2. The van der Waals surface area contributed by atoms with Crippen LogP contribution in [0.4, 0.5) is 13.6 Å². The summed E-state index contributed by atoms with van der Waals surface area (Å²) in [4.78, 5) is 36.1. The van der Waals surface area contributed by atoms with Crippen LogP contribution in [0.5, 0.6) is 0 Å². The summed E-state index contributed by atoms with van der Waals surface area (Å²) in [5.74, 6) is 3.14. The van der Waals surface area contributed by atoms with E-state index in [1.54, 1.807) is 0 Å². The molecule has 11 nitrogen and oxygen atoms in total. The molecule has 0 radical (unpaired) electrons. The van der Waals surface area contributed by atoms with Crippen LogP contribution in [0.1, 0.15) is 22.8 Å². The Bertz CT molecular complexity index is 896. The van der Waals surface area contributed by atoms with Gasteiger partial charge in [-0.15, -0.1) is 0 Å². The molecule has 0 heterocycles. The molecule has 0 aliphatic heterocycles. The van der Waals surface area contributed by atoms with Gasteiger partial charge in [0.1, 0.15) is 11.6 Å². The van der Waals surface area contributed by atoms with Crippen LogP contribution >= 0.6 is 0 Å². The van der Waals surface area contributed by atoms with E-state index in [4.69, 9.17) is 10.7 Å². The van der Waals surface area contributed by atoms with Crippen LogP contribution in [0.15, 0.2) is 41.8 Å². The molecule has 7 N–H and O–H groups in total. The van der Waals surface area contributed by atoms with Gasteiger partial charge in [0, 0.05) is 30.5 Å². The number of amides is 4. The molecule has 13 heteroatoms. The summed E-state index contributed by atoms with van der Waals surface area (Å²) in [6, 6.07) is 2.63. The number of halogens is 2. The van der Waals surface area contributed by atoms with Crippen LogP contribution in [0.3, 0.4) is 0 Å². The van der Waals surface area contributed by atoms with Crippen LogP contribution < -0.4 is 26.9 Å². The van der Waals surface area contributed by atoms with E-state index >= 15 is 0 Å². The highest BCUT2D eigenvalue weighted by molar-refractivity contribution is 5.98. The molecule has 166 valence electrons. The number of benzene rings is 1. The molecule has 1 unspecified atom stereocenters. The van der Waals surface area contributed by atoms with Crippen molar-refractivity contribution in [2.75, 3.05) is 7.05 Å². The van der Waals surface area contributed by atoms with Crippen molar-refractivity contribution in [2.24, 2.45) is 5.22 Å². The van der Waals surface area contributed by atoms with Crippen molar-refractivity contribution in [2.45, 2.75) is 24.9 Å². The third kappa shape index (κ3) is 7.05. The molecular weight excluding hydrogens is 416 g/mol. The van der Waals surface area contributed by atoms with Crippen molar-refractivity contribution in [1.29, 1.82) is 5.53 Å². The molecule has 0 aromatic heterocycles. The molecule has 1 rings (SSSR count). The van der Waals surface area contributed by atoms with E-state index in [-0.39, 0.29) is 5.56 Å². The summed E-state index contributed by atoms with van der Waals surface area (Å²) in [5, 5.41) is 17.9. The maximum Gasteiger partial charge on any atom is 0.315 e. The van der Waals surface area contributed by atoms with Crippen molar-refractivity contribution < 1.29 is 28.4 Å². The largest absolute Gasteiger partial charge is 0.341 e. The number of allylic oxidation sites excluding steroid dienone is 1. The highest BCUT2D eigenvalue weighted by atomic mass is 19.3. The number of hydroxylamine groups is 1. The summed E-state index contributed by atoms with van der Waals surface area (Å²) < 4.78 is 27.5. The van der Waals surface area contributed by atoms with Crippen molar-refractivity contribution in [3.63, 3.8) is 0 Å². The van der Waals surface area contributed by atoms with E-state index in [1.807, 2.05) is 5.32 Å². The third-order valence-electron chi connectivity index (χ3n) is 3.98. The van der Waals surface area contributed by atoms with Crippen LogP contribution in [0.2, 0.25) is 0 Å². The Balaban J connectivity index is 3.08. The van der Waals surface area contributed by atoms with E-state index in [2.05, 4.69) is 33.1 Å².